The first kappa shape index (κ1) is 25.2. The van der Waals surface area contributed by atoms with Crippen LogP contribution in [-0.2, 0) is 0 Å². The highest BCUT2D eigenvalue weighted by molar-refractivity contribution is 6.21. The van der Waals surface area contributed by atoms with E-state index >= 15 is 0 Å². The summed E-state index contributed by atoms with van der Waals surface area (Å²) in [5, 5.41) is 7.60. The first-order valence-electron chi connectivity index (χ1n) is 14.8. The summed E-state index contributed by atoms with van der Waals surface area (Å²) in [6.45, 7) is 2.11. The van der Waals surface area contributed by atoms with Crippen molar-refractivity contribution in [2.75, 3.05) is 0 Å². The van der Waals surface area contributed by atoms with E-state index in [1.165, 1.54) is 82.4 Å². The number of pyridine rings is 1. The fraction of sp³-hybridized carbons (Fsp3) is 0.0238. The van der Waals surface area contributed by atoms with Crippen LogP contribution < -0.4 is 0 Å². The molecule has 0 amide bonds. The van der Waals surface area contributed by atoms with Gasteiger partial charge in [0.2, 0.25) is 0 Å². The number of benzene rings is 7. The Morgan fingerprint density at radius 1 is 0.395 bits per heavy atom. The van der Waals surface area contributed by atoms with E-state index in [0.29, 0.717) is 0 Å². The van der Waals surface area contributed by atoms with Gasteiger partial charge in [-0.15, -0.1) is 0 Å². The van der Waals surface area contributed by atoms with Crippen LogP contribution in [-0.4, -0.2) is 4.98 Å². The Balaban J connectivity index is 1.24. The third kappa shape index (κ3) is 4.38. The number of rotatable bonds is 4. The van der Waals surface area contributed by atoms with Crippen LogP contribution in [0.5, 0.6) is 0 Å². The molecule has 1 nitrogen and oxygen atoms in total. The van der Waals surface area contributed by atoms with Gasteiger partial charge >= 0.3 is 0 Å². The first-order valence-corrected chi connectivity index (χ1v) is 14.8. The molecular formula is C42H29N. The van der Waals surface area contributed by atoms with Crippen LogP contribution in [0.25, 0.3) is 76.8 Å². The fourth-order valence-corrected chi connectivity index (χ4v) is 6.58. The Morgan fingerprint density at radius 3 is 1.49 bits per heavy atom. The topological polar surface area (TPSA) is 12.9 Å². The SMILES string of the molecule is Cc1cnccc1-c1ccc(-c2ccc3cc(-c4c5ccccc5c(-c5ccccc5)c5ccccc45)ccc3c2)cc1. The first-order chi connectivity index (χ1) is 21.2. The van der Waals surface area contributed by atoms with Crippen molar-refractivity contribution < 1.29 is 0 Å². The Bertz CT molecular complexity index is 2220. The number of hydrogen-bond acceptors (Lipinski definition) is 1. The molecule has 0 aliphatic rings. The fourth-order valence-electron chi connectivity index (χ4n) is 6.58. The number of fused-ring (bicyclic) bond motifs is 3. The van der Waals surface area contributed by atoms with E-state index in [0.717, 1.165) is 0 Å². The molecule has 0 saturated heterocycles. The van der Waals surface area contributed by atoms with Gasteiger partial charge in [-0.2, -0.15) is 0 Å². The molecule has 8 aromatic rings. The Labute approximate surface area is 251 Å². The van der Waals surface area contributed by atoms with E-state index in [4.69, 9.17) is 0 Å². The van der Waals surface area contributed by atoms with E-state index in [2.05, 4.69) is 158 Å². The summed E-state index contributed by atoms with van der Waals surface area (Å²) in [6, 6.07) is 53.1. The van der Waals surface area contributed by atoms with Gasteiger partial charge in [-0.25, -0.2) is 0 Å². The van der Waals surface area contributed by atoms with Crippen LogP contribution in [0, 0.1) is 6.92 Å². The Morgan fingerprint density at radius 2 is 0.884 bits per heavy atom. The van der Waals surface area contributed by atoms with E-state index in [-0.39, 0.29) is 0 Å². The van der Waals surface area contributed by atoms with Crippen molar-refractivity contribution in [1.82, 2.24) is 4.98 Å². The van der Waals surface area contributed by atoms with Crippen molar-refractivity contribution in [3.05, 3.63) is 164 Å². The second kappa shape index (κ2) is 10.4. The third-order valence-electron chi connectivity index (χ3n) is 8.67. The zero-order chi connectivity index (χ0) is 28.8. The molecule has 1 heterocycles. The van der Waals surface area contributed by atoms with Crippen molar-refractivity contribution in [2.24, 2.45) is 0 Å². The highest BCUT2D eigenvalue weighted by atomic mass is 14.6. The van der Waals surface area contributed by atoms with Crippen LogP contribution in [0.3, 0.4) is 0 Å². The van der Waals surface area contributed by atoms with Gasteiger partial charge in [0.1, 0.15) is 0 Å². The maximum absolute atomic E-state index is 4.24. The maximum Gasteiger partial charge on any atom is 0.0303 e. The van der Waals surface area contributed by atoms with Crippen molar-refractivity contribution >= 4 is 32.3 Å². The summed E-state index contributed by atoms with van der Waals surface area (Å²) < 4.78 is 0. The second-order valence-electron chi connectivity index (χ2n) is 11.3. The van der Waals surface area contributed by atoms with Gasteiger partial charge in [-0.3, -0.25) is 4.98 Å². The second-order valence-corrected chi connectivity index (χ2v) is 11.3. The van der Waals surface area contributed by atoms with Crippen molar-refractivity contribution in [1.29, 1.82) is 0 Å². The molecule has 0 atom stereocenters. The van der Waals surface area contributed by atoms with Gasteiger partial charge in [0.25, 0.3) is 0 Å². The molecule has 0 aliphatic heterocycles. The molecule has 0 bridgehead atoms. The summed E-state index contributed by atoms with van der Waals surface area (Å²) in [5.74, 6) is 0. The molecule has 0 spiro atoms. The van der Waals surface area contributed by atoms with E-state index in [1.54, 1.807) is 0 Å². The van der Waals surface area contributed by atoms with Crippen LogP contribution in [0.1, 0.15) is 5.56 Å². The van der Waals surface area contributed by atoms with Crippen LogP contribution in [0.4, 0.5) is 0 Å². The molecule has 202 valence electrons. The number of nitrogens with zero attached hydrogens (tertiary/aromatic N) is 1. The summed E-state index contributed by atoms with van der Waals surface area (Å²) in [7, 11) is 0. The lowest BCUT2D eigenvalue weighted by Crippen LogP contribution is -1.90. The smallest absolute Gasteiger partial charge is 0.0303 e. The van der Waals surface area contributed by atoms with E-state index < -0.39 is 0 Å². The van der Waals surface area contributed by atoms with E-state index in [1.807, 2.05) is 12.4 Å². The lowest BCUT2D eigenvalue weighted by Gasteiger charge is -2.18. The monoisotopic (exact) mass is 547 g/mol. The standard InChI is InChI=1S/C42H29N/c1-28-27-43-24-23-36(28)30-17-15-29(16-18-30)32-19-20-34-26-35(22-21-33(34)25-32)42-39-13-7-5-11-37(39)41(31-9-3-2-4-10-31)38-12-6-8-14-40(38)42/h2-27H,1H3. The predicted molar refractivity (Wildman–Crippen MR) is 183 cm³/mol. The maximum atomic E-state index is 4.24. The average Bonchev–Trinajstić information content (AvgIpc) is 3.07. The Kier molecular flexibility index (Phi) is 6.09. The molecule has 0 N–H and O–H groups in total. The lowest BCUT2D eigenvalue weighted by atomic mass is 9.85. The van der Waals surface area contributed by atoms with Crippen LogP contribution in [0.15, 0.2) is 158 Å². The largest absolute Gasteiger partial charge is 0.264 e. The molecule has 0 aliphatic carbocycles. The van der Waals surface area contributed by atoms with Gasteiger partial charge in [-0.1, -0.05) is 127 Å². The molecule has 43 heavy (non-hydrogen) atoms. The molecule has 1 aromatic heterocycles. The number of hydrogen-bond donors (Lipinski definition) is 0. The summed E-state index contributed by atoms with van der Waals surface area (Å²) >= 11 is 0. The average molecular weight is 548 g/mol. The van der Waals surface area contributed by atoms with Gasteiger partial charge in [0.05, 0.1) is 0 Å². The molecule has 0 fully saturated rings. The normalized spacial score (nSPS) is 11.4. The summed E-state index contributed by atoms with van der Waals surface area (Å²) in [4.78, 5) is 4.24. The predicted octanol–water partition coefficient (Wildman–Crippen LogP) is 11.5. The van der Waals surface area contributed by atoms with Gasteiger partial charge in [0.15, 0.2) is 0 Å². The summed E-state index contributed by atoms with van der Waals surface area (Å²) in [6.07, 6.45) is 3.78. The highest BCUT2D eigenvalue weighted by Crippen LogP contribution is 2.44. The minimum absolute atomic E-state index is 1.19. The molecule has 0 unspecified atom stereocenters. The molecule has 1 heteroatoms. The van der Waals surface area contributed by atoms with Crippen molar-refractivity contribution in [2.45, 2.75) is 6.92 Å². The molecule has 7 aromatic carbocycles. The quantitative estimate of drug-likeness (QED) is 0.200. The van der Waals surface area contributed by atoms with Crippen LogP contribution >= 0.6 is 0 Å². The van der Waals surface area contributed by atoms with E-state index in [9.17, 15) is 0 Å². The zero-order valence-electron chi connectivity index (χ0n) is 24.0. The summed E-state index contributed by atoms with van der Waals surface area (Å²) in [5.41, 5.74) is 11.1. The minimum atomic E-state index is 1.19. The molecule has 0 radical (unpaired) electrons. The third-order valence-corrected chi connectivity index (χ3v) is 8.67. The Hall–Kier alpha value is -5.53. The molecule has 8 rings (SSSR count). The van der Waals surface area contributed by atoms with Gasteiger partial charge in [0, 0.05) is 12.4 Å². The highest BCUT2D eigenvalue weighted by Gasteiger charge is 2.16. The minimum Gasteiger partial charge on any atom is -0.264 e. The number of aryl methyl sites for hydroxylation is 1. The van der Waals surface area contributed by atoms with Crippen molar-refractivity contribution in [3.63, 3.8) is 0 Å². The molecule has 0 saturated carbocycles. The lowest BCUT2D eigenvalue weighted by molar-refractivity contribution is 1.27. The van der Waals surface area contributed by atoms with Gasteiger partial charge < -0.3 is 0 Å². The zero-order valence-corrected chi connectivity index (χ0v) is 24.0. The van der Waals surface area contributed by atoms with Crippen LogP contribution in [0.2, 0.25) is 0 Å². The van der Waals surface area contributed by atoms with Gasteiger partial charge in [-0.05, 0) is 108 Å². The van der Waals surface area contributed by atoms with Crippen molar-refractivity contribution in [3.8, 4) is 44.5 Å². The number of aromatic nitrogens is 1. The molecular weight excluding hydrogens is 518 g/mol.